The van der Waals surface area contributed by atoms with Crippen LogP contribution in [0.5, 0.6) is 0 Å². The Morgan fingerprint density at radius 2 is 1.91 bits per heavy atom. The summed E-state index contributed by atoms with van der Waals surface area (Å²) in [4.78, 5) is 14.8. The van der Waals surface area contributed by atoms with Crippen molar-refractivity contribution in [3.8, 4) is 0 Å². The second-order valence-electron chi connectivity index (χ2n) is 6.37. The molecule has 0 radical (unpaired) electrons. The van der Waals surface area contributed by atoms with Crippen LogP contribution in [0.25, 0.3) is 0 Å². The summed E-state index contributed by atoms with van der Waals surface area (Å²) in [6.45, 7) is 7.80. The number of nitrogens with one attached hydrogen (secondary N) is 2. The van der Waals surface area contributed by atoms with Crippen LogP contribution in [0.15, 0.2) is 0 Å². The second-order valence-corrected chi connectivity index (χ2v) is 6.37. The van der Waals surface area contributed by atoms with Crippen molar-refractivity contribution >= 4 is 18.3 Å². The largest absolute Gasteiger partial charge is 0.381 e. The zero-order valence-corrected chi connectivity index (χ0v) is 14.0. The number of amides is 1. The Hall–Kier alpha value is -0.400. The van der Waals surface area contributed by atoms with Gasteiger partial charge in [0.2, 0.25) is 5.91 Å². The standard InChI is InChI=1S/C15H27N3O3.ClH/c19-14(13-1-8-20-9-2-13)17-11-15(3-10-21-12-15)18-6-4-16-5-7-18;/h13,16H,1-12H2,(H,17,19);1H. The minimum atomic E-state index is 0. The summed E-state index contributed by atoms with van der Waals surface area (Å²) < 4.78 is 11.0. The summed E-state index contributed by atoms with van der Waals surface area (Å²) in [6, 6.07) is 0. The van der Waals surface area contributed by atoms with Gasteiger partial charge in [0.05, 0.1) is 12.1 Å². The minimum Gasteiger partial charge on any atom is -0.381 e. The second kappa shape index (κ2) is 8.45. The van der Waals surface area contributed by atoms with Gasteiger partial charge in [-0.2, -0.15) is 0 Å². The molecule has 22 heavy (non-hydrogen) atoms. The van der Waals surface area contributed by atoms with Gasteiger partial charge in [-0.3, -0.25) is 9.69 Å². The van der Waals surface area contributed by atoms with Crippen LogP contribution in [0, 0.1) is 5.92 Å². The van der Waals surface area contributed by atoms with Crippen molar-refractivity contribution in [1.82, 2.24) is 15.5 Å². The molecule has 0 saturated carbocycles. The molecule has 3 aliphatic rings. The van der Waals surface area contributed by atoms with Crippen LogP contribution < -0.4 is 10.6 Å². The van der Waals surface area contributed by atoms with Crippen LogP contribution in [0.4, 0.5) is 0 Å². The fraction of sp³-hybridized carbons (Fsp3) is 0.933. The Kier molecular flexibility index (Phi) is 6.89. The Morgan fingerprint density at radius 3 is 2.55 bits per heavy atom. The number of hydrogen-bond acceptors (Lipinski definition) is 5. The van der Waals surface area contributed by atoms with E-state index in [0.717, 1.165) is 58.7 Å². The van der Waals surface area contributed by atoms with Gasteiger partial charge in [-0.05, 0) is 19.3 Å². The molecule has 0 aromatic heterocycles. The average molecular weight is 334 g/mol. The van der Waals surface area contributed by atoms with E-state index in [-0.39, 0.29) is 29.8 Å². The molecule has 0 aromatic rings. The van der Waals surface area contributed by atoms with Gasteiger partial charge in [0.15, 0.2) is 0 Å². The molecule has 128 valence electrons. The van der Waals surface area contributed by atoms with E-state index in [0.29, 0.717) is 19.8 Å². The number of piperazine rings is 1. The molecule has 1 amide bonds. The van der Waals surface area contributed by atoms with Crippen LogP contribution in [-0.2, 0) is 14.3 Å². The third-order valence-electron chi connectivity index (χ3n) is 5.05. The van der Waals surface area contributed by atoms with Gasteiger partial charge in [0.1, 0.15) is 0 Å². The van der Waals surface area contributed by atoms with Gasteiger partial charge < -0.3 is 20.1 Å². The zero-order valence-electron chi connectivity index (χ0n) is 13.1. The molecule has 7 heteroatoms. The minimum absolute atomic E-state index is 0. The van der Waals surface area contributed by atoms with E-state index < -0.39 is 0 Å². The van der Waals surface area contributed by atoms with Gasteiger partial charge in [-0.15, -0.1) is 12.4 Å². The van der Waals surface area contributed by atoms with Crippen molar-refractivity contribution in [3.05, 3.63) is 0 Å². The maximum absolute atomic E-state index is 12.3. The van der Waals surface area contributed by atoms with Crippen LogP contribution >= 0.6 is 12.4 Å². The number of carbonyl (C=O) groups is 1. The SMILES string of the molecule is Cl.O=C(NCC1(N2CCNCC2)CCOC1)C1CCOCC1. The van der Waals surface area contributed by atoms with Crippen LogP contribution in [0.3, 0.4) is 0 Å². The lowest BCUT2D eigenvalue weighted by Gasteiger charge is -2.42. The van der Waals surface area contributed by atoms with Crippen molar-refractivity contribution in [2.45, 2.75) is 24.8 Å². The molecule has 3 heterocycles. The lowest BCUT2D eigenvalue weighted by Crippen LogP contribution is -2.61. The number of carbonyl (C=O) groups excluding carboxylic acids is 1. The first-order valence-corrected chi connectivity index (χ1v) is 8.19. The van der Waals surface area contributed by atoms with Gasteiger partial charge in [0.25, 0.3) is 0 Å². The summed E-state index contributed by atoms with van der Waals surface area (Å²) in [5.74, 6) is 0.320. The fourth-order valence-electron chi connectivity index (χ4n) is 3.59. The molecule has 1 unspecified atom stereocenters. The molecule has 3 saturated heterocycles. The predicted molar refractivity (Wildman–Crippen MR) is 86.4 cm³/mol. The highest BCUT2D eigenvalue weighted by atomic mass is 35.5. The Morgan fingerprint density at radius 1 is 1.18 bits per heavy atom. The summed E-state index contributed by atoms with van der Waals surface area (Å²) >= 11 is 0. The molecule has 2 N–H and O–H groups in total. The Labute approximate surface area is 138 Å². The molecule has 3 rings (SSSR count). The number of halogens is 1. The first kappa shape index (κ1) is 17.9. The molecule has 1 atom stereocenters. The molecular weight excluding hydrogens is 306 g/mol. The molecule has 0 aliphatic carbocycles. The van der Waals surface area contributed by atoms with E-state index in [1.807, 2.05) is 0 Å². The molecule has 0 bridgehead atoms. The molecule has 6 nitrogen and oxygen atoms in total. The van der Waals surface area contributed by atoms with Gasteiger partial charge in [0, 0.05) is 58.5 Å². The molecule has 3 fully saturated rings. The van der Waals surface area contributed by atoms with E-state index >= 15 is 0 Å². The Bertz CT molecular complexity index is 352. The number of hydrogen-bond donors (Lipinski definition) is 2. The van der Waals surface area contributed by atoms with E-state index in [9.17, 15) is 4.79 Å². The van der Waals surface area contributed by atoms with Crippen molar-refractivity contribution in [2.24, 2.45) is 5.92 Å². The summed E-state index contributed by atoms with van der Waals surface area (Å²) in [6.07, 6.45) is 2.72. The lowest BCUT2D eigenvalue weighted by molar-refractivity contribution is -0.128. The van der Waals surface area contributed by atoms with E-state index in [1.165, 1.54) is 0 Å². The maximum atomic E-state index is 12.3. The van der Waals surface area contributed by atoms with Crippen LogP contribution in [-0.4, -0.2) is 75.5 Å². The zero-order chi connectivity index (χ0) is 14.5. The van der Waals surface area contributed by atoms with Crippen LogP contribution in [0.2, 0.25) is 0 Å². The molecule has 0 aromatic carbocycles. The Balaban J connectivity index is 0.00000176. The highest BCUT2D eigenvalue weighted by Gasteiger charge is 2.41. The van der Waals surface area contributed by atoms with E-state index in [4.69, 9.17) is 9.47 Å². The summed E-state index contributed by atoms with van der Waals surface area (Å²) in [7, 11) is 0. The summed E-state index contributed by atoms with van der Waals surface area (Å²) in [5.41, 5.74) is 0.00290. The summed E-state index contributed by atoms with van der Waals surface area (Å²) in [5, 5.41) is 6.58. The smallest absolute Gasteiger partial charge is 0.223 e. The van der Waals surface area contributed by atoms with Crippen LogP contribution in [0.1, 0.15) is 19.3 Å². The average Bonchev–Trinajstić information content (AvgIpc) is 3.04. The number of nitrogens with zero attached hydrogens (tertiary/aromatic N) is 1. The first-order chi connectivity index (χ1) is 10.3. The molecule has 0 spiro atoms. The number of rotatable bonds is 4. The third kappa shape index (κ3) is 4.11. The maximum Gasteiger partial charge on any atom is 0.223 e. The van der Waals surface area contributed by atoms with E-state index in [1.54, 1.807) is 0 Å². The quantitative estimate of drug-likeness (QED) is 0.759. The van der Waals surface area contributed by atoms with Crippen molar-refractivity contribution in [3.63, 3.8) is 0 Å². The third-order valence-corrected chi connectivity index (χ3v) is 5.05. The predicted octanol–water partition coefficient (Wildman–Crippen LogP) is 0.0153. The lowest BCUT2D eigenvalue weighted by atomic mass is 9.93. The number of ether oxygens (including phenoxy) is 2. The first-order valence-electron chi connectivity index (χ1n) is 8.19. The molecular formula is C15H28ClN3O3. The van der Waals surface area contributed by atoms with Gasteiger partial charge >= 0.3 is 0 Å². The molecule has 3 aliphatic heterocycles. The normalized spacial score (nSPS) is 30.7. The van der Waals surface area contributed by atoms with Crippen molar-refractivity contribution in [2.75, 3.05) is 59.2 Å². The highest BCUT2D eigenvalue weighted by Crippen LogP contribution is 2.26. The highest BCUT2D eigenvalue weighted by molar-refractivity contribution is 5.85. The van der Waals surface area contributed by atoms with Crippen molar-refractivity contribution in [1.29, 1.82) is 0 Å². The van der Waals surface area contributed by atoms with Gasteiger partial charge in [-0.1, -0.05) is 0 Å². The van der Waals surface area contributed by atoms with Gasteiger partial charge in [-0.25, -0.2) is 0 Å². The topological polar surface area (TPSA) is 62.8 Å². The monoisotopic (exact) mass is 333 g/mol. The fourth-order valence-corrected chi connectivity index (χ4v) is 3.59. The van der Waals surface area contributed by atoms with Crippen molar-refractivity contribution < 1.29 is 14.3 Å². The van der Waals surface area contributed by atoms with E-state index in [2.05, 4.69) is 15.5 Å².